The van der Waals surface area contributed by atoms with Gasteiger partial charge < -0.3 is 19.0 Å². The van der Waals surface area contributed by atoms with E-state index in [-0.39, 0.29) is 23.6 Å². The van der Waals surface area contributed by atoms with E-state index in [1.807, 2.05) is 13.0 Å². The molecule has 3 aromatic rings. The third-order valence-electron chi connectivity index (χ3n) is 5.42. The molecule has 2 unspecified atom stereocenters. The summed E-state index contributed by atoms with van der Waals surface area (Å²) in [6.45, 7) is 5.52. The van der Waals surface area contributed by atoms with Gasteiger partial charge in [-0.1, -0.05) is 13.3 Å². The largest absolute Gasteiger partial charge is 0.573 e. The minimum atomic E-state index is -4.84. The van der Waals surface area contributed by atoms with E-state index in [2.05, 4.69) is 21.6 Å². The van der Waals surface area contributed by atoms with Crippen molar-refractivity contribution in [2.24, 2.45) is 5.92 Å². The Bertz CT molecular complexity index is 1150. The molecule has 34 heavy (non-hydrogen) atoms. The van der Waals surface area contributed by atoms with Crippen LogP contribution in [0.1, 0.15) is 40.0 Å². The summed E-state index contributed by atoms with van der Waals surface area (Å²) in [6, 6.07) is 9.39. The number of halogens is 3. The smallest absolute Gasteiger partial charge is 0.493 e. The Morgan fingerprint density at radius 1 is 1.15 bits per heavy atom. The highest BCUT2D eigenvalue weighted by Gasteiger charge is 2.32. The maximum atomic E-state index is 12.7. The van der Waals surface area contributed by atoms with Gasteiger partial charge in [-0.05, 0) is 56.7 Å². The zero-order chi connectivity index (χ0) is 24.9. The average molecular weight is 476 g/mol. The first-order valence-electron chi connectivity index (χ1n) is 11.0. The second kappa shape index (κ2) is 10.7. The van der Waals surface area contributed by atoms with Crippen LogP contribution >= 0.6 is 0 Å². The molecule has 9 heteroatoms. The fraction of sp³-hybridized carbons (Fsp3) is 0.400. The van der Waals surface area contributed by atoms with Crippen LogP contribution in [-0.2, 0) is 4.79 Å². The van der Waals surface area contributed by atoms with E-state index in [4.69, 9.17) is 9.47 Å². The summed E-state index contributed by atoms with van der Waals surface area (Å²) in [4.78, 5) is 20.8. The van der Waals surface area contributed by atoms with Crippen molar-refractivity contribution in [3.63, 3.8) is 0 Å². The molecular formula is C25H27F3N2O4. The van der Waals surface area contributed by atoms with Crippen molar-refractivity contribution >= 4 is 16.7 Å². The average Bonchev–Trinajstić information content (AvgIpc) is 2.77. The Morgan fingerprint density at radius 3 is 2.56 bits per heavy atom. The third-order valence-corrected chi connectivity index (χ3v) is 5.42. The van der Waals surface area contributed by atoms with Crippen LogP contribution < -0.4 is 14.2 Å². The van der Waals surface area contributed by atoms with Gasteiger partial charge in [0.1, 0.15) is 11.9 Å². The maximum absolute atomic E-state index is 12.7. The first kappa shape index (κ1) is 25.3. The number of aromatic nitrogens is 2. The van der Waals surface area contributed by atoms with Crippen LogP contribution in [0, 0.1) is 5.92 Å². The van der Waals surface area contributed by atoms with Crippen molar-refractivity contribution in [3.8, 4) is 28.6 Å². The highest BCUT2D eigenvalue weighted by atomic mass is 19.4. The molecule has 2 atom stereocenters. The molecular weight excluding hydrogens is 449 g/mol. The fourth-order valence-corrected chi connectivity index (χ4v) is 3.83. The van der Waals surface area contributed by atoms with Crippen LogP contribution in [0.15, 0.2) is 42.6 Å². The molecule has 0 bridgehead atoms. The minimum absolute atomic E-state index is 0.0265. The van der Waals surface area contributed by atoms with Crippen molar-refractivity contribution in [2.45, 2.75) is 52.5 Å². The minimum Gasteiger partial charge on any atom is -0.493 e. The molecule has 0 N–H and O–H groups in total. The number of Topliss-reactive ketones (excluding diaryl/α,β-unsaturated/α-hetero) is 1. The summed E-state index contributed by atoms with van der Waals surface area (Å²) < 4.78 is 53.5. The lowest BCUT2D eigenvalue weighted by Gasteiger charge is -2.24. The Kier molecular flexibility index (Phi) is 7.96. The molecule has 0 aliphatic heterocycles. The van der Waals surface area contributed by atoms with Gasteiger partial charge in [0.25, 0.3) is 0 Å². The highest BCUT2D eigenvalue weighted by Crippen LogP contribution is 2.37. The van der Waals surface area contributed by atoms with Gasteiger partial charge in [0.15, 0.2) is 11.5 Å². The molecule has 1 aromatic carbocycles. The molecule has 0 fully saturated rings. The number of ketones is 1. The van der Waals surface area contributed by atoms with Gasteiger partial charge >= 0.3 is 6.36 Å². The number of pyridine rings is 2. The highest BCUT2D eigenvalue weighted by molar-refractivity contribution is 5.87. The SMILES string of the molecule is CCCC(CC(C)=O)C(C)Oc1nc(-c2ccc(OC(F)(F)F)c(OC)c2)cc2ncccc12. The van der Waals surface area contributed by atoms with Crippen molar-refractivity contribution < 1.29 is 32.2 Å². The number of hydrogen-bond acceptors (Lipinski definition) is 6. The lowest BCUT2D eigenvalue weighted by molar-refractivity contribution is -0.275. The van der Waals surface area contributed by atoms with E-state index < -0.39 is 12.1 Å². The first-order valence-corrected chi connectivity index (χ1v) is 11.0. The molecule has 2 heterocycles. The molecule has 182 valence electrons. The van der Waals surface area contributed by atoms with Crippen LogP contribution in [0.4, 0.5) is 13.2 Å². The van der Waals surface area contributed by atoms with Gasteiger partial charge in [0, 0.05) is 24.1 Å². The molecule has 0 spiro atoms. The number of methoxy groups -OCH3 is 1. The number of ether oxygens (including phenoxy) is 3. The molecule has 0 saturated carbocycles. The molecule has 0 aliphatic rings. The summed E-state index contributed by atoms with van der Waals surface area (Å²) in [5, 5.41) is 0.695. The standard InChI is InChI=1S/C25H27F3N2O4/c1-5-7-17(12-15(2)31)16(3)33-24-19-8-6-11-29-21(19)14-20(30-24)18-9-10-22(23(13-18)32-4)34-25(26,27)28/h6,8-11,13-14,16-17H,5,7,12H2,1-4H3. The van der Waals surface area contributed by atoms with Crippen molar-refractivity contribution in [1.29, 1.82) is 0 Å². The number of benzene rings is 1. The Balaban J connectivity index is 2.02. The summed E-state index contributed by atoms with van der Waals surface area (Å²) in [5.41, 5.74) is 1.57. The van der Waals surface area contributed by atoms with E-state index >= 15 is 0 Å². The van der Waals surface area contributed by atoms with E-state index in [0.717, 1.165) is 12.8 Å². The number of nitrogens with zero attached hydrogens (tertiary/aromatic N) is 2. The number of fused-ring (bicyclic) bond motifs is 1. The molecule has 2 aromatic heterocycles. The third kappa shape index (κ3) is 6.36. The predicted octanol–water partition coefficient (Wildman–Crippen LogP) is 6.37. The Morgan fingerprint density at radius 2 is 1.91 bits per heavy atom. The zero-order valence-corrected chi connectivity index (χ0v) is 19.5. The van der Waals surface area contributed by atoms with Gasteiger partial charge in [-0.2, -0.15) is 0 Å². The van der Waals surface area contributed by atoms with E-state index in [1.54, 1.807) is 25.3 Å². The van der Waals surface area contributed by atoms with Crippen molar-refractivity contribution in [1.82, 2.24) is 9.97 Å². The first-order chi connectivity index (χ1) is 16.1. The van der Waals surface area contributed by atoms with Gasteiger partial charge in [-0.3, -0.25) is 4.98 Å². The van der Waals surface area contributed by atoms with Crippen LogP contribution in [0.5, 0.6) is 17.4 Å². The molecule has 3 rings (SSSR count). The van der Waals surface area contributed by atoms with Crippen LogP contribution in [0.25, 0.3) is 22.2 Å². The van der Waals surface area contributed by atoms with Gasteiger partial charge in [-0.15, -0.1) is 13.2 Å². The van der Waals surface area contributed by atoms with Gasteiger partial charge in [-0.25, -0.2) is 4.98 Å². The lowest BCUT2D eigenvalue weighted by Crippen LogP contribution is -2.26. The number of hydrogen-bond donors (Lipinski definition) is 0. The van der Waals surface area contributed by atoms with Gasteiger partial charge in [0.05, 0.1) is 23.7 Å². The van der Waals surface area contributed by atoms with E-state index in [1.165, 1.54) is 25.3 Å². The number of rotatable bonds is 10. The normalized spacial score (nSPS) is 13.4. The lowest BCUT2D eigenvalue weighted by atomic mass is 9.93. The van der Waals surface area contributed by atoms with Crippen LogP contribution in [0.2, 0.25) is 0 Å². The fourth-order valence-electron chi connectivity index (χ4n) is 3.83. The molecule has 0 radical (unpaired) electrons. The second-order valence-electron chi connectivity index (χ2n) is 8.07. The van der Waals surface area contributed by atoms with Crippen LogP contribution in [0.3, 0.4) is 0 Å². The summed E-state index contributed by atoms with van der Waals surface area (Å²) in [7, 11) is 1.26. The number of carbonyl (C=O) groups excluding carboxylic acids is 1. The summed E-state index contributed by atoms with van der Waals surface area (Å²) in [5.74, 6) is -0.0752. The van der Waals surface area contributed by atoms with Gasteiger partial charge in [0.2, 0.25) is 5.88 Å². The second-order valence-corrected chi connectivity index (χ2v) is 8.07. The van der Waals surface area contributed by atoms with Crippen LogP contribution in [-0.4, -0.2) is 35.3 Å². The summed E-state index contributed by atoms with van der Waals surface area (Å²) in [6.07, 6.45) is -1.35. The molecule has 0 saturated heterocycles. The summed E-state index contributed by atoms with van der Waals surface area (Å²) >= 11 is 0. The Hall–Kier alpha value is -3.36. The predicted molar refractivity (Wildman–Crippen MR) is 122 cm³/mol. The molecule has 6 nitrogen and oxygen atoms in total. The number of alkyl halides is 3. The van der Waals surface area contributed by atoms with Crippen molar-refractivity contribution in [3.05, 3.63) is 42.6 Å². The topological polar surface area (TPSA) is 70.5 Å². The van der Waals surface area contributed by atoms with E-state index in [0.29, 0.717) is 34.5 Å². The van der Waals surface area contributed by atoms with E-state index in [9.17, 15) is 18.0 Å². The van der Waals surface area contributed by atoms with Crippen molar-refractivity contribution in [2.75, 3.05) is 7.11 Å². The molecule has 0 amide bonds. The quantitative estimate of drug-likeness (QED) is 0.339. The maximum Gasteiger partial charge on any atom is 0.573 e. The Labute approximate surface area is 196 Å². The number of carbonyl (C=O) groups is 1. The molecule has 0 aliphatic carbocycles. The monoisotopic (exact) mass is 476 g/mol. The zero-order valence-electron chi connectivity index (χ0n) is 19.5.